The second-order valence-corrected chi connectivity index (χ2v) is 6.75. The molecule has 0 spiro atoms. The number of aromatic amines is 1. The van der Waals surface area contributed by atoms with Crippen LogP contribution in [-0.4, -0.2) is 40.0 Å². The number of rotatable bonds is 7. The molecule has 7 heteroatoms. The highest BCUT2D eigenvalue weighted by molar-refractivity contribution is 14.0. The van der Waals surface area contributed by atoms with Crippen LogP contribution in [0.1, 0.15) is 18.2 Å². The monoisotopic (exact) mass is 502 g/mol. The number of guanidine groups is 1. The molecule has 0 bridgehead atoms. The molecule has 29 heavy (non-hydrogen) atoms. The molecule has 0 fully saturated rings. The number of aliphatic imine (C=N–C) groups is 1. The maximum Gasteiger partial charge on any atom is 0.191 e. The number of aromatic nitrogens is 3. The van der Waals surface area contributed by atoms with Crippen LogP contribution in [0.2, 0.25) is 0 Å². The highest BCUT2D eigenvalue weighted by Crippen LogP contribution is 2.17. The standard InChI is InChI=1S/C22H26N6.HI/c1-2-23-22(24-12-10-17-15-26-20-8-4-3-7-19(17)20)25-13-11-18-16-28-14-6-5-9-21(28)27-18;/h3-9,14-16,26H,2,10-13H2,1H3,(H2,23,24,25);1H. The van der Waals surface area contributed by atoms with Crippen molar-refractivity contribution in [1.82, 2.24) is 25.0 Å². The van der Waals surface area contributed by atoms with Crippen LogP contribution in [0.15, 0.2) is 66.0 Å². The summed E-state index contributed by atoms with van der Waals surface area (Å²) in [5.74, 6) is 0.853. The Balaban J connectivity index is 0.00000240. The molecule has 4 aromatic rings. The lowest BCUT2D eigenvalue weighted by molar-refractivity contribution is 0.797. The molecular formula is C22H27IN6. The number of fused-ring (bicyclic) bond motifs is 2. The van der Waals surface area contributed by atoms with E-state index in [-0.39, 0.29) is 24.0 Å². The van der Waals surface area contributed by atoms with Gasteiger partial charge in [0.2, 0.25) is 0 Å². The largest absolute Gasteiger partial charge is 0.361 e. The molecule has 3 N–H and O–H groups in total. The van der Waals surface area contributed by atoms with E-state index >= 15 is 0 Å². The fraction of sp³-hybridized carbons (Fsp3) is 0.273. The minimum Gasteiger partial charge on any atom is -0.361 e. The molecule has 0 saturated heterocycles. The van der Waals surface area contributed by atoms with Crippen LogP contribution in [0, 0.1) is 0 Å². The van der Waals surface area contributed by atoms with Crippen LogP contribution in [0.5, 0.6) is 0 Å². The molecule has 0 aliphatic carbocycles. The van der Waals surface area contributed by atoms with Crippen molar-refractivity contribution in [3.05, 3.63) is 72.3 Å². The van der Waals surface area contributed by atoms with Crippen LogP contribution < -0.4 is 10.6 Å². The van der Waals surface area contributed by atoms with Gasteiger partial charge in [0.1, 0.15) is 5.65 Å². The lowest BCUT2D eigenvalue weighted by atomic mass is 10.1. The van der Waals surface area contributed by atoms with E-state index in [2.05, 4.69) is 64.2 Å². The maximum atomic E-state index is 4.70. The Bertz CT molecular complexity index is 1050. The maximum absolute atomic E-state index is 4.70. The van der Waals surface area contributed by atoms with Gasteiger partial charge < -0.3 is 20.0 Å². The quantitative estimate of drug-likeness (QED) is 0.205. The Morgan fingerprint density at radius 2 is 1.97 bits per heavy atom. The predicted molar refractivity (Wildman–Crippen MR) is 130 cm³/mol. The van der Waals surface area contributed by atoms with E-state index in [4.69, 9.17) is 4.99 Å². The molecule has 0 aliphatic rings. The number of hydrogen-bond acceptors (Lipinski definition) is 2. The van der Waals surface area contributed by atoms with E-state index in [1.807, 2.05) is 28.8 Å². The molecule has 4 rings (SSSR count). The molecule has 0 saturated carbocycles. The predicted octanol–water partition coefficient (Wildman–Crippen LogP) is 3.77. The topological polar surface area (TPSA) is 69.5 Å². The van der Waals surface area contributed by atoms with Crippen molar-refractivity contribution in [1.29, 1.82) is 0 Å². The summed E-state index contributed by atoms with van der Waals surface area (Å²) in [7, 11) is 0. The van der Waals surface area contributed by atoms with E-state index in [1.54, 1.807) is 0 Å². The van der Waals surface area contributed by atoms with Crippen molar-refractivity contribution < 1.29 is 0 Å². The molecule has 3 aromatic heterocycles. The zero-order chi connectivity index (χ0) is 19.2. The van der Waals surface area contributed by atoms with Crippen LogP contribution in [0.25, 0.3) is 16.6 Å². The number of hydrogen-bond donors (Lipinski definition) is 3. The van der Waals surface area contributed by atoms with Gasteiger partial charge in [-0.15, -0.1) is 24.0 Å². The molecule has 0 aliphatic heterocycles. The molecule has 0 radical (unpaired) electrons. The second kappa shape index (κ2) is 10.3. The highest BCUT2D eigenvalue weighted by Gasteiger charge is 2.04. The summed E-state index contributed by atoms with van der Waals surface area (Å²) in [5, 5.41) is 8.04. The number of halogens is 1. The smallest absolute Gasteiger partial charge is 0.191 e. The van der Waals surface area contributed by atoms with Crippen molar-refractivity contribution >= 4 is 46.5 Å². The van der Waals surface area contributed by atoms with Crippen LogP contribution >= 0.6 is 24.0 Å². The molecule has 1 aromatic carbocycles. The molecule has 0 atom stereocenters. The van der Waals surface area contributed by atoms with Gasteiger partial charge in [0, 0.05) is 55.5 Å². The Morgan fingerprint density at radius 3 is 2.83 bits per heavy atom. The normalized spacial score (nSPS) is 11.6. The third kappa shape index (κ3) is 5.29. The van der Waals surface area contributed by atoms with Gasteiger partial charge in [0.05, 0.1) is 5.69 Å². The fourth-order valence-electron chi connectivity index (χ4n) is 3.39. The molecule has 0 unspecified atom stereocenters. The van der Waals surface area contributed by atoms with Crippen molar-refractivity contribution in [3.8, 4) is 0 Å². The van der Waals surface area contributed by atoms with Gasteiger partial charge in [-0.05, 0) is 37.1 Å². The lowest BCUT2D eigenvalue weighted by Crippen LogP contribution is -2.38. The average molecular weight is 502 g/mol. The Hall–Kier alpha value is -2.55. The van der Waals surface area contributed by atoms with E-state index < -0.39 is 0 Å². The van der Waals surface area contributed by atoms with Gasteiger partial charge in [-0.2, -0.15) is 0 Å². The lowest BCUT2D eigenvalue weighted by Gasteiger charge is -2.11. The minimum atomic E-state index is 0. The number of H-pyrrole nitrogens is 1. The van der Waals surface area contributed by atoms with Crippen molar-refractivity contribution in [2.75, 3.05) is 19.6 Å². The zero-order valence-electron chi connectivity index (χ0n) is 16.6. The van der Waals surface area contributed by atoms with Crippen molar-refractivity contribution in [3.63, 3.8) is 0 Å². The van der Waals surface area contributed by atoms with Crippen molar-refractivity contribution in [2.24, 2.45) is 4.99 Å². The van der Waals surface area contributed by atoms with Gasteiger partial charge in [0.15, 0.2) is 5.96 Å². The van der Waals surface area contributed by atoms with Crippen molar-refractivity contribution in [2.45, 2.75) is 19.8 Å². The van der Waals surface area contributed by atoms with Gasteiger partial charge >= 0.3 is 0 Å². The zero-order valence-corrected chi connectivity index (χ0v) is 18.9. The fourth-order valence-corrected chi connectivity index (χ4v) is 3.39. The summed E-state index contributed by atoms with van der Waals surface area (Å²) >= 11 is 0. The molecule has 152 valence electrons. The number of nitrogens with zero attached hydrogens (tertiary/aromatic N) is 3. The van der Waals surface area contributed by atoms with Gasteiger partial charge in [-0.1, -0.05) is 24.3 Å². The second-order valence-electron chi connectivity index (χ2n) is 6.75. The summed E-state index contributed by atoms with van der Waals surface area (Å²) in [6.45, 7) is 4.46. The minimum absolute atomic E-state index is 0. The molecule has 6 nitrogen and oxygen atoms in total. The Kier molecular flexibility index (Phi) is 7.51. The van der Waals surface area contributed by atoms with Gasteiger partial charge in [-0.3, -0.25) is 4.99 Å². The van der Waals surface area contributed by atoms with Crippen LogP contribution in [0.4, 0.5) is 0 Å². The van der Waals surface area contributed by atoms with E-state index in [1.165, 1.54) is 16.5 Å². The molecule has 3 heterocycles. The number of para-hydroxylation sites is 1. The Labute approximate surface area is 187 Å². The Morgan fingerprint density at radius 1 is 1.10 bits per heavy atom. The first-order chi connectivity index (χ1) is 13.8. The first-order valence-corrected chi connectivity index (χ1v) is 9.83. The SMILES string of the molecule is CCNC(=NCCc1cn2ccccc2n1)NCCc1c[nH]c2ccccc12.I. The van der Waals surface area contributed by atoms with Crippen LogP contribution in [-0.2, 0) is 12.8 Å². The third-order valence-electron chi connectivity index (χ3n) is 4.76. The number of pyridine rings is 1. The number of nitrogens with one attached hydrogen (secondary N) is 3. The third-order valence-corrected chi connectivity index (χ3v) is 4.76. The van der Waals surface area contributed by atoms with E-state index in [9.17, 15) is 0 Å². The van der Waals surface area contributed by atoms with Gasteiger partial charge in [0.25, 0.3) is 0 Å². The first-order valence-electron chi connectivity index (χ1n) is 9.83. The summed E-state index contributed by atoms with van der Waals surface area (Å²) in [5.41, 5.74) is 4.55. The van der Waals surface area contributed by atoms with E-state index in [0.29, 0.717) is 6.54 Å². The summed E-state index contributed by atoms with van der Waals surface area (Å²) in [4.78, 5) is 12.7. The van der Waals surface area contributed by atoms with E-state index in [0.717, 1.165) is 43.2 Å². The molecular weight excluding hydrogens is 475 g/mol. The first kappa shape index (κ1) is 21.2. The highest BCUT2D eigenvalue weighted by atomic mass is 127. The number of benzene rings is 1. The van der Waals surface area contributed by atoms with Gasteiger partial charge in [-0.25, -0.2) is 4.98 Å². The van der Waals surface area contributed by atoms with Crippen LogP contribution in [0.3, 0.4) is 0 Å². The summed E-state index contributed by atoms with van der Waals surface area (Å²) in [6.07, 6.45) is 7.95. The summed E-state index contributed by atoms with van der Waals surface area (Å²) < 4.78 is 2.05. The molecule has 0 amide bonds. The average Bonchev–Trinajstić information content (AvgIpc) is 3.32. The number of imidazole rings is 1. The summed E-state index contributed by atoms with van der Waals surface area (Å²) in [6, 6.07) is 14.4.